The molecule has 2 aromatic rings. The molecule has 4 rings (SSSR count). The number of hydrogen-bond donors (Lipinski definition) is 0. The number of aryl methyl sites for hydroxylation is 1. The zero-order valence-corrected chi connectivity index (χ0v) is 13.7. The minimum atomic E-state index is 0.0146. The van der Waals surface area contributed by atoms with Gasteiger partial charge < -0.3 is 4.90 Å². The van der Waals surface area contributed by atoms with Crippen molar-refractivity contribution in [3.63, 3.8) is 0 Å². The Hall–Kier alpha value is -1.89. The Morgan fingerprint density at radius 2 is 2.35 bits per heavy atom. The van der Waals surface area contributed by atoms with E-state index in [1.165, 1.54) is 0 Å². The van der Waals surface area contributed by atoms with E-state index in [4.69, 9.17) is 0 Å². The largest absolute Gasteiger partial charge is 0.352 e. The second kappa shape index (κ2) is 6.31. The van der Waals surface area contributed by atoms with Crippen LogP contribution in [0.4, 0.5) is 5.82 Å². The van der Waals surface area contributed by atoms with Crippen molar-refractivity contribution in [3.8, 4) is 0 Å². The van der Waals surface area contributed by atoms with Gasteiger partial charge in [0, 0.05) is 31.0 Å². The van der Waals surface area contributed by atoms with Crippen molar-refractivity contribution in [1.82, 2.24) is 19.7 Å². The molecule has 120 valence electrons. The van der Waals surface area contributed by atoms with Gasteiger partial charge in [0.15, 0.2) is 0 Å². The van der Waals surface area contributed by atoms with Crippen molar-refractivity contribution in [2.75, 3.05) is 17.2 Å². The summed E-state index contributed by atoms with van der Waals surface area (Å²) in [6.45, 7) is 1.60. The summed E-state index contributed by atoms with van der Waals surface area (Å²) in [5, 5.41) is 4.64. The Morgan fingerprint density at radius 1 is 1.39 bits per heavy atom. The molecule has 0 aliphatic carbocycles. The molecule has 23 heavy (non-hydrogen) atoms. The summed E-state index contributed by atoms with van der Waals surface area (Å²) in [5.74, 6) is 2.94. The Kier molecular flexibility index (Phi) is 4.03. The molecule has 2 aliphatic heterocycles. The van der Waals surface area contributed by atoms with E-state index in [1.807, 2.05) is 17.8 Å². The molecule has 7 heteroatoms. The molecular weight excluding hydrogens is 310 g/mol. The quantitative estimate of drug-likeness (QED) is 0.850. The topological polar surface area (TPSA) is 63.9 Å². The molecule has 1 atom stereocenters. The number of rotatable bonds is 3. The number of aromatic nitrogens is 4. The standard InChI is InChI=1S/C16H19N5OS/c22-16-8-12-10-23-7-4-14(12)19-21(16)9-13-2-1-6-20(13)15-3-5-17-11-18-15/h3,5,8,11,13H,1-2,4,6-7,9-10H2. The van der Waals surface area contributed by atoms with Gasteiger partial charge in [-0.05, 0) is 30.2 Å². The van der Waals surface area contributed by atoms with Gasteiger partial charge in [-0.15, -0.1) is 0 Å². The molecule has 0 spiro atoms. The number of thioether (sulfide) groups is 1. The fourth-order valence-electron chi connectivity index (χ4n) is 3.36. The normalized spacial score (nSPS) is 20.5. The molecule has 0 N–H and O–H groups in total. The first-order valence-corrected chi connectivity index (χ1v) is 9.17. The molecule has 0 bridgehead atoms. The maximum Gasteiger partial charge on any atom is 0.267 e. The molecule has 6 nitrogen and oxygen atoms in total. The van der Waals surface area contributed by atoms with Gasteiger partial charge in [-0.25, -0.2) is 14.6 Å². The second-order valence-corrected chi connectivity index (χ2v) is 7.10. The van der Waals surface area contributed by atoms with Crippen LogP contribution < -0.4 is 10.5 Å². The van der Waals surface area contributed by atoms with E-state index in [-0.39, 0.29) is 11.6 Å². The second-order valence-electron chi connectivity index (χ2n) is 6.00. The summed E-state index contributed by atoms with van der Waals surface area (Å²) in [4.78, 5) is 23.0. The van der Waals surface area contributed by atoms with Gasteiger partial charge in [-0.1, -0.05) is 0 Å². The molecule has 0 aromatic carbocycles. The Balaban J connectivity index is 1.59. The van der Waals surface area contributed by atoms with Crippen LogP contribution in [0.15, 0.2) is 29.5 Å². The first kappa shape index (κ1) is 14.7. The summed E-state index contributed by atoms with van der Waals surface area (Å²) >= 11 is 1.87. The molecule has 1 fully saturated rings. The number of hydrogen-bond acceptors (Lipinski definition) is 6. The van der Waals surface area contributed by atoms with E-state index in [1.54, 1.807) is 23.3 Å². The first-order valence-electron chi connectivity index (χ1n) is 8.01. The van der Waals surface area contributed by atoms with Gasteiger partial charge in [0.25, 0.3) is 5.56 Å². The maximum atomic E-state index is 12.4. The van der Waals surface area contributed by atoms with Crippen LogP contribution in [0.2, 0.25) is 0 Å². The highest BCUT2D eigenvalue weighted by Crippen LogP contribution is 2.25. The molecule has 0 saturated carbocycles. The summed E-state index contributed by atoms with van der Waals surface area (Å²) in [7, 11) is 0. The van der Waals surface area contributed by atoms with E-state index in [0.717, 1.165) is 54.4 Å². The summed E-state index contributed by atoms with van der Waals surface area (Å²) < 4.78 is 1.65. The Labute approximate surface area is 138 Å². The highest BCUT2D eigenvalue weighted by Gasteiger charge is 2.27. The fourth-order valence-corrected chi connectivity index (χ4v) is 4.32. The van der Waals surface area contributed by atoms with Gasteiger partial charge >= 0.3 is 0 Å². The SMILES string of the molecule is O=c1cc2c(nn1CC1CCCN1c1ccncn1)CCSC2. The molecule has 1 unspecified atom stereocenters. The van der Waals surface area contributed by atoms with Crippen molar-refractivity contribution in [3.05, 3.63) is 46.3 Å². The molecule has 2 aliphatic rings. The monoisotopic (exact) mass is 329 g/mol. The third-order valence-electron chi connectivity index (χ3n) is 4.53. The van der Waals surface area contributed by atoms with Crippen molar-refractivity contribution in [1.29, 1.82) is 0 Å². The molecule has 0 amide bonds. The minimum Gasteiger partial charge on any atom is -0.352 e. The van der Waals surface area contributed by atoms with Gasteiger partial charge in [0.2, 0.25) is 0 Å². The lowest BCUT2D eigenvalue weighted by Crippen LogP contribution is -2.38. The van der Waals surface area contributed by atoms with Gasteiger partial charge in [-0.3, -0.25) is 4.79 Å². The van der Waals surface area contributed by atoms with Crippen LogP contribution in [0.25, 0.3) is 0 Å². The van der Waals surface area contributed by atoms with E-state index < -0.39 is 0 Å². The van der Waals surface area contributed by atoms with Crippen molar-refractivity contribution < 1.29 is 0 Å². The maximum absolute atomic E-state index is 12.4. The molecule has 1 saturated heterocycles. The van der Waals surface area contributed by atoms with E-state index in [2.05, 4.69) is 20.0 Å². The van der Waals surface area contributed by atoms with Crippen LogP contribution in [-0.4, -0.2) is 38.1 Å². The van der Waals surface area contributed by atoms with Crippen molar-refractivity contribution in [2.45, 2.75) is 37.6 Å². The first-order chi connectivity index (χ1) is 11.3. The number of anilines is 1. The Bertz CT molecular complexity index is 748. The average molecular weight is 329 g/mol. The van der Waals surface area contributed by atoms with Crippen LogP contribution in [0.1, 0.15) is 24.1 Å². The lowest BCUT2D eigenvalue weighted by Gasteiger charge is -2.26. The summed E-state index contributed by atoms with van der Waals surface area (Å²) in [6.07, 6.45) is 6.47. The zero-order chi connectivity index (χ0) is 15.6. The highest BCUT2D eigenvalue weighted by molar-refractivity contribution is 7.98. The minimum absolute atomic E-state index is 0.0146. The third kappa shape index (κ3) is 2.97. The summed E-state index contributed by atoms with van der Waals surface area (Å²) in [6, 6.07) is 3.97. The number of nitrogens with zero attached hydrogens (tertiary/aromatic N) is 5. The molecular formula is C16H19N5OS. The van der Waals surface area contributed by atoms with E-state index >= 15 is 0 Å². The highest BCUT2D eigenvalue weighted by atomic mass is 32.2. The molecule has 0 radical (unpaired) electrons. The summed E-state index contributed by atoms with van der Waals surface area (Å²) in [5.41, 5.74) is 2.22. The van der Waals surface area contributed by atoms with Crippen LogP contribution in [0, 0.1) is 0 Å². The van der Waals surface area contributed by atoms with Crippen molar-refractivity contribution >= 4 is 17.6 Å². The smallest absolute Gasteiger partial charge is 0.267 e. The van der Waals surface area contributed by atoms with Crippen molar-refractivity contribution in [2.24, 2.45) is 0 Å². The van der Waals surface area contributed by atoms with Gasteiger partial charge in [0.05, 0.1) is 18.3 Å². The molecule has 4 heterocycles. The predicted octanol–water partition coefficient (Wildman–Crippen LogP) is 1.49. The zero-order valence-electron chi connectivity index (χ0n) is 12.9. The van der Waals surface area contributed by atoms with Crippen LogP contribution >= 0.6 is 11.8 Å². The van der Waals surface area contributed by atoms with Crippen LogP contribution in [-0.2, 0) is 18.7 Å². The van der Waals surface area contributed by atoms with Crippen LogP contribution in [0.3, 0.4) is 0 Å². The predicted molar refractivity (Wildman–Crippen MR) is 90.8 cm³/mol. The van der Waals surface area contributed by atoms with E-state index in [9.17, 15) is 4.79 Å². The third-order valence-corrected chi connectivity index (χ3v) is 5.53. The van der Waals surface area contributed by atoms with E-state index in [0.29, 0.717) is 6.54 Å². The lowest BCUT2D eigenvalue weighted by molar-refractivity contribution is 0.479. The number of fused-ring (bicyclic) bond motifs is 1. The van der Waals surface area contributed by atoms with Gasteiger partial charge in [-0.2, -0.15) is 16.9 Å². The lowest BCUT2D eigenvalue weighted by atomic mass is 10.2. The average Bonchev–Trinajstić information content (AvgIpc) is 3.04. The fraction of sp³-hybridized carbons (Fsp3) is 0.500. The van der Waals surface area contributed by atoms with Crippen LogP contribution in [0.5, 0.6) is 0 Å². The van der Waals surface area contributed by atoms with Gasteiger partial charge in [0.1, 0.15) is 12.1 Å². The Morgan fingerprint density at radius 3 is 3.22 bits per heavy atom. The molecule has 2 aromatic heterocycles.